The zero-order valence-corrected chi connectivity index (χ0v) is 11.8. The fourth-order valence-electron chi connectivity index (χ4n) is 1.90. The third-order valence-corrected chi connectivity index (χ3v) is 4.12. The van der Waals surface area contributed by atoms with Crippen LogP contribution in [0.2, 0.25) is 0 Å². The molecule has 3 nitrogen and oxygen atoms in total. The molecule has 0 spiro atoms. The molecule has 1 aromatic heterocycles. The van der Waals surface area contributed by atoms with Crippen molar-refractivity contribution in [1.29, 1.82) is 0 Å². The Morgan fingerprint density at radius 3 is 2.47 bits per heavy atom. The van der Waals surface area contributed by atoms with E-state index in [1.54, 1.807) is 18.0 Å². The number of hydrogen-bond donors (Lipinski definition) is 1. The summed E-state index contributed by atoms with van der Waals surface area (Å²) < 4.78 is 0. The van der Waals surface area contributed by atoms with Crippen LogP contribution in [0.25, 0.3) is 0 Å². The maximum absolute atomic E-state index is 12.2. The van der Waals surface area contributed by atoms with Gasteiger partial charge < -0.3 is 10.0 Å². The molecule has 4 heteroatoms. The van der Waals surface area contributed by atoms with Gasteiger partial charge in [0.15, 0.2) is 0 Å². The van der Waals surface area contributed by atoms with Crippen LogP contribution >= 0.6 is 11.3 Å². The van der Waals surface area contributed by atoms with Crippen molar-refractivity contribution in [3.63, 3.8) is 0 Å². The summed E-state index contributed by atoms with van der Waals surface area (Å²) in [4.78, 5) is 14.5. The summed E-state index contributed by atoms with van der Waals surface area (Å²) in [5.41, 5.74) is 0.820. The highest BCUT2D eigenvalue weighted by atomic mass is 32.1. The van der Waals surface area contributed by atoms with Gasteiger partial charge in [-0.25, -0.2) is 0 Å². The Balaban J connectivity index is 2.11. The number of hydrogen-bond acceptors (Lipinski definition) is 3. The molecule has 1 amide bonds. The smallest absolute Gasteiger partial charge is 0.263 e. The van der Waals surface area contributed by atoms with Gasteiger partial charge in [0, 0.05) is 7.05 Å². The second-order valence-corrected chi connectivity index (χ2v) is 5.44. The highest BCUT2D eigenvalue weighted by molar-refractivity contribution is 7.12. The van der Waals surface area contributed by atoms with E-state index in [0.717, 1.165) is 5.56 Å². The van der Waals surface area contributed by atoms with E-state index in [-0.39, 0.29) is 11.9 Å². The number of aliphatic hydroxyl groups is 1. The molecule has 0 aliphatic heterocycles. The molecule has 2 aromatic rings. The van der Waals surface area contributed by atoms with Gasteiger partial charge in [0.05, 0.1) is 17.0 Å². The fraction of sp³-hybridized carbons (Fsp3) is 0.267. The van der Waals surface area contributed by atoms with Crippen LogP contribution in [0.15, 0.2) is 47.8 Å². The first-order valence-corrected chi connectivity index (χ1v) is 7.03. The van der Waals surface area contributed by atoms with Gasteiger partial charge in [-0.1, -0.05) is 36.4 Å². The van der Waals surface area contributed by atoms with Gasteiger partial charge in [-0.2, -0.15) is 0 Å². The Morgan fingerprint density at radius 2 is 1.89 bits per heavy atom. The molecular weight excluding hydrogens is 258 g/mol. The van der Waals surface area contributed by atoms with Crippen LogP contribution in [-0.4, -0.2) is 29.0 Å². The van der Waals surface area contributed by atoms with Crippen molar-refractivity contribution in [2.75, 3.05) is 7.05 Å². The molecule has 0 bridgehead atoms. The minimum atomic E-state index is -0.685. The van der Waals surface area contributed by atoms with Gasteiger partial charge in [-0.3, -0.25) is 4.79 Å². The van der Waals surface area contributed by atoms with Crippen LogP contribution in [0, 0.1) is 0 Å². The van der Waals surface area contributed by atoms with Gasteiger partial charge in [-0.05, 0) is 23.9 Å². The summed E-state index contributed by atoms with van der Waals surface area (Å²) in [6.45, 7) is 1.85. The molecule has 0 fully saturated rings. The van der Waals surface area contributed by atoms with Crippen molar-refractivity contribution in [2.24, 2.45) is 0 Å². The Kier molecular flexibility index (Phi) is 4.35. The number of carbonyl (C=O) groups is 1. The number of benzene rings is 1. The topological polar surface area (TPSA) is 40.5 Å². The van der Waals surface area contributed by atoms with E-state index >= 15 is 0 Å². The van der Waals surface area contributed by atoms with E-state index in [2.05, 4.69) is 0 Å². The minimum absolute atomic E-state index is 0.0579. The van der Waals surface area contributed by atoms with E-state index < -0.39 is 6.10 Å². The van der Waals surface area contributed by atoms with Crippen LogP contribution in [0.4, 0.5) is 0 Å². The van der Waals surface area contributed by atoms with E-state index in [0.29, 0.717) is 4.88 Å². The molecule has 19 heavy (non-hydrogen) atoms. The SMILES string of the molecule is C[C@@H]([C@H](O)c1ccccc1)N(C)C(=O)c1cccs1. The van der Waals surface area contributed by atoms with E-state index in [1.807, 2.05) is 48.7 Å². The number of carbonyl (C=O) groups excluding carboxylic acids is 1. The van der Waals surface area contributed by atoms with Gasteiger partial charge in [-0.15, -0.1) is 11.3 Å². The Labute approximate surface area is 117 Å². The molecule has 2 atom stereocenters. The standard InChI is InChI=1S/C15H17NO2S/c1-11(14(17)12-7-4-3-5-8-12)16(2)15(18)13-9-6-10-19-13/h3-11,14,17H,1-2H3/t11-,14-/m0/s1. The van der Waals surface area contributed by atoms with Gasteiger partial charge in [0.25, 0.3) is 5.91 Å². The molecule has 0 unspecified atom stereocenters. The molecule has 0 saturated heterocycles. The van der Waals surface area contributed by atoms with Gasteiger partial charge in [0.1, 0.15) is 0 Å². The maximum Gasteiger partial charge on any atom is 0.263 e. The lowest BCUT2D eigenvalue weighted by atomic mass is 10.0. The van der Waals surface area contributed by atoms with E-state index in [4.69, 9.17) is 0 Å². The number of rotatable bonds is 4. The summed E-state index contributed by atoms with van der Waals surface area (Å²) >= 11 is 1.41. The molecule has 1 heterocycles. The Morgan fingerprint density at radius 1 is 1.21 bits per heavy atom. The molecule has 2 rings (SSSR count). The number of thiophene rings is 1. The molecular formula is C15H17NO2S. The molecule has 100 valence electrons. The minimum Gasteiger partial charge on any atom is -0.386 e. The fourth-order valence-corrected chi connectivity index (χ4v) is 2.61. The summed E-state index contributed by atoms with van der Waals surface area (Å²) in [5, 5.41) is 12.2. The lowest BCUT2D eigenvalue weighted by molar-refractivity contribution is 0.0491. The number of aliphatic hydroxyl groups excluding tert-OH is 1. The first-order chi connectivity index (χ1) is 9.11. The maximum atomic E-state index is 12.2. The van der Waals surface area contributed by atoms with Crippen molar-refractivity contribution in [2.45, 2.75) is 19.1 Å². The Hall–Kier alpha value is -1.65. The van der Waals surface area contributed by atoms with Crippen LogP contribution in [-0.2, 0) is 0 Å². The lowest BCUT2D eigenvalue weighted by Crippen LogP contribution is -2.38. The summed E-state index contributed by atoms with van der Waals surface area (Å²) in [6, 6.07) is 12.8. The van der Waals surface area contributed by atoms with Crippen molar-refractivity contribution in [3.8, 4) is 0 Å². The van der Waals surface area contributed by atoms with Crippen LogP contribution in [0.3, 0.4) is 0 Å². The van der Waals surface area contributed by atoms with Gasteiger partial charge >= 0.3 is 0 Å². The van der Waals surface area contributed by atoms with Crippen molar-refractivity contribution < 1.29 is 9.90 Å². The largest absolute Gasteiger partial charge is 0.386 e. The normalized spacial score (nSPS) is 13.8. The van der Waals surface area contributed by atoms with Crippen molar-refractivity contribution >= 4 is 17.2 Å². The quantitative estimate of drug-likeness (QED) is 0.932. The van der Waals surface area contributed by atoms with E-state index in [1.165, 1.54) is 11.3 Å². The van der Waals surface area contributed by atoms with Crippen molar-refractivity contribution in [1.82, 2.24) is 4.90 Å². The van der Waals surface area contributed by atoms with Crippen LogP contribution < -0.4 is 0 Å². The molecule has 1 aromatic carbocycles. The number of likely N-dealkylation sites (N-methyl/N-ethyl adjacent to an activating group) is 1. The van der Waals surface area contributed by atoms with E-state index in [9.17, 15) is 9.90 Å². The summed E-state index contributed by atoms with van der Waals surface area (Å²) in [7, 11) is 1.72. The highest BCUT2D eigenvalue weighted by Gasteiger charge is 2.25. The van der Waals surface area contributed by atoms with Crippen LogP contribution in [0.5, 0.6) is 0 Å². The summed E-state index contributed by atoms with van der Waals surface area (Å²) in [6.07, 6.45) is -0.685. The zero-order valence-electron chi connectivity index (χ0n) is 11.0. The second kappa shape index (κ2) is 5.99. The molecule has 0 saturated carbocycles. The number of nitrogens with zero attached hydrogens (tertiary/aromatic N) is 1. The predicted octanol–water partition coefficient (Wildman–Crippen LogP) is 2.94. The predicted molar refractivity (Wildman–Crippen MR) is 77.3 cm³/mol. The molecule has 0 aliphatic carbocycles. The number of amides is 1. The van der Waals surface area contributed by atoms with Crippen molar-refractivity contribution in [3.05, 3.63) is 58.3 Å². The third kappa shape index (κ3) is 3.03. The third-order valence-electron chi connectivity index (χ3n) is 3.26. The zero-order chi connectivity index (χ0) is 13.8. The first kappa shape index (κ1) is 13.8. The van der Waals surface area contributed by atoms with Crippen LogP contribution in [0.1, 0.15) is 28.3 Å². The Bertz CT molecular complexity index is 524. The molecule has 1 N–H and O–H groups in total. The molecule has 0 aliphatic rings. The average Bonchev–Trinajstić information content (AvgIpc) is 2.99. The first-order valence-electron chi connectivity index (χ1n) is 6.15. The van der Waals surface area contributed by atoms with Gasteiger partial charge in [0.2, 0.25) is 0 Å². The monoisotopic (exact) mass is 275 g/mol. The lowest BCUT2D eigenvalue weighted by Gasteiger charge is -2.29. The average molecular weight is 275 g/mol. The highest BCUT2D eigenvalue weighted by Crippen LogP contribution is 2.22. The second-order valence-electron chi connectivity index (χ2n) is 4.49. The summed E-state index contributed by atoms with van der Waals surface area (Å²) in [5.74, 6) is -0.0579. The molecule has 0 radical (unpaired) electrons.